The van der Waals surface area contributed by atoms with E-state index >= 15 is 0 Å². The highest BCUT2D eigenvalue weighted by molar-refractivity contribution is 6.07. The molecule has 0 saturated heterocycles. The average Bonchev–Trinajstić information content (AvgIpc) is 2.73. The normalized spacial score (nSPS) is 13.0. The first kappa shape index (κ1) is 17.1. The third-order valence-corrected chi connectivity index (χ3v) is 4.70. The minimum Gasteiger partial charge on any atom is -0.497 e. The third kappa shape index (κ3) is 3.62. The maximum Gasteiger partial charge on any atom is 0.258 e. The summed E-state index contributed by atoms with van der Waals surface area (Å²) in [7, 11) is 1.63. The standard InChI is InChI=1S/C22H21N3O2/c1-27-19-9-4-8-18(15-19)24-21-14-17(11-12-23-21)22(26)25-13-5-7-16-6-2-3-10-20(16)25/h2-4,6,8-12,14-15H,5,7,13H2,1H3,(H,23,24). The first-order chi connectivity index (χ1) is 13.2. The summed E-state index contributed by atoms with van der Waals surface area (Å²) in [5.41, 5.74) is 3.70. The van der Waals surface area contributed by atoms with Gasteiger partial charge in [0, 0.05) is 35.7 Å². The van der Waals surface area contributed by atoms with Crippen LogP contribution in [-0.4, -0.2) is 24.5 Å². The van der Waals surface area contributed by atoms with Gasteiger partial charge in [0.15, 0.2) is 0 Å². The first-order valence-corrected chi connectivity index (χ1v) is 9.01. The predicted octanol–water partition coefficient (Wildman–Crippen LogP) is 4.43. The summed E-state index contributed by atoms with van der Waals surface area (Å²) >= 11 is 0. The van der Waals surface area contributed by atoms with Crippen molar-refractivity contribution in [2.24, 2.45) is 0 Å². The molecule has 2 heterocycles. The van der Waals surface area contributed by atoms with Crippen LogP contribution in [0.5, 0.6) is 5.75 Å². The van der Waals surface area contributed by atoms with Gasteiger partial charge in [-0.2, -0.15) is 0 Å². The maximum atomic E-state index is 13.1. The summed E-state index contributed by atoms with van der Waals surface area (Å²) in [5, 5.41) is 3.23. The predicted molar refractivity (Wildman–Crippen MR) is 107 cm³/mol. The highest BCUT2D eigenvalue weighted by Crippen LogP contribution is 2.28. The Morgan fingerprint density at radius 1 is 1.11 bits per heavy atom. The summed E-state index contributed by atoms with van der Waals surface area (Å²) in [6.45, 7) is 0.733. The van der Waals surface area contributed by atoms with Crippen molar-refractivity contribution in [1.29, 1.82) is 0 Å². The molecule has 27 heavy (non-hydrogen) atoms. The molecule has 136 valence electrons. The molecule has 2 aromatic carbocycles. The molecule has 5 nitrogen and oxygen atoms in total. The molecule has 1 amide bonds. The second kappa shape index (κ2) is 7.50. The monoisotopic (exact) mass is 359 g/mol. The second-order valence-electron chi connectivity index (χ2n) is 6.48. The van der Waals surface area contributed by atoms with E-state index in [1.165, 1.54) is 5.56 Å². The minimum absolute atomic E-state index is 0.00163. The van der Waals surface area contributed by atoms with Gasteiger partial charge in [0.05, 0.1) is 7.11 Å². The number of hydrogen-bond donors (Lipinski definition) is 1. The fraction of sp³-hybridized carbons (Fsp3) is 0.182. The Kier molecular flexibility index (Phi) is 4.75. The molecule has 0 bridgehead atoms. The van der Waals surface area contributed by atoms with E-state index < -0.39 is 0 Å². The Labute approximate surface area is 158 Å². The number of nitrogens with one attached hydrogen (secondary N) is 1. The van der Waals surface area contributed by atoms with Crippen LogP contribution in [0.2, 0.25) is 0 Å². The Bertz CT molecular complexity index is 971. The minimum atomic E-state index is -0.00163. The zero-order valence-corrected chi connectivity index (χ0v) is 15.2. The Balaban J connectivity index is 1.58. The highest BCUT2D eigenvalue weighted by Gasteiger charge is 2.23. The molecule has 0 aliphatic carbocycles. The molecular weight excluding hydrogens is 338 g/mol. The fourth-order valence-electron chi connectivity index (χ4n) is 3.38. The van der Waals surface area contributed by atoms with Crippen LogP contribution < -0.4 is 15.0 Å². The van der Waals surface area contributed by atoms with E-state index in [-0.39, 0.29) is 5.91 Å². The Hall–Kier alpha value is -3.34. The number of pyridine rings is 1. The number of rotatable bonds is 4. The summed E-state index contributed by atoms with van der Waals surface area (Å²) in [6.07, 6.45) is 3.65. The largest absolute Gasteiger partial charge is 0.497 e. The van der Waals surface area contributed by atoms with Crippen molar-refractivity contribution < 1.29 is 9.53 Å². The first-order valence-electron chi connectivity index (χ1n) is 9.01. The quantitative estimate of drug-likeness (QED) is 0.749. The molecular formula is C22H21N3O2. The number of ether oxygens (including phenoxy) is 1. The van der Waals surface area contributed by atoms with Gasteiger partial charge in [-0.05, 0) is 48.7 Å². The molecule has 4 rings (SSSR count). The molecule has 0 atom stereocenters. The maximum absolute atomic E-state index is 13.1. The van der Waals surface area contributed by atoms with Gasteiger partial charge in [0.2, 0.25) is 0 Å². The van der Waals surface area contributed by atoms with Crippen LogP contribution in [0.15, 0.2) is 66.9 Å². The smallest absolute Gasteiger partial charge is 0.258 e. The van der Waals surface area contributed by atoms with Gasteiger partial charge >= 0.3 is 0 Å². The lowest BCUT2D eigenvalue weighted by molar-refractivity contribution is 0.0985. The van der Waals surface area contributed by atoms with E-state index in [0.717, 1.165) is 36.5 Å². The number of aryl methyl sites for hydroxylation is 1. The van der Waals surface area contributed by atoms with E-state index in [1.54, 1.807) is 25.4 Å². The lowest BCUT2D eigenvalue weighted by atomic mass is 10.0. The fourth-order valence-corrected chi connectivity index (χ4v) is 3.38. The lowest BCUT2D eigenvalue weighted by Gasteiger charge is -2.29. The number of hydrogen-bond acceptors (Lipinski definition) is 4. The number of carbonyl (C=O) groups excluding carboxylic acids is 1. The number of amides is 1. The zero-order valence-electron chi connectivity index (χ0n) is 15.2. The highest BCUT2D eigenvalue weighted by atomic mass is 16.5. The summed E-state index contributed by atoms with van der Waals surface area (Å²) < 4.78 is 5.25. The third-order valence-electron chi connectivity index (χ3n) is 4.70. The lowest BCUT2D eigenvalue weighted by Crippen LogP contribution is -2.35. The molecule has 0 fully saturated rings. The summed E-state index contributed by atoms with van der Waals surface area (Å²) in [5.74, 6) is 1.38. The van der Waals surface area contributed by atoms with Crippen molar-refractivity contribution in [3.05, 3.63) is 78.0 Å². The Morgan fingerprint density at radius 2 is 2.00 bits per heavy atom. The van der Waals surface area contributed by atoms with Gasteiger partial charge in [-0.1, -0.05) is 24.3 Å². The Morgan fingerprint density at radius 3 is 2.89 bits per heavy atom. The molecule has 0 spiro atoms. The molecule has 3 aromatic rings. The van der Waals surface area contributed by atoms with E-state index in [2.05, 4.69) is 16.4 Å². The van der Waals surface area contributed by atoms with Crippen LogP contribution in [0.25, 0.3) is 0 Å². The van der Waals surface area contributed by atoms with Gasteiger partial charge in [-0.25, -0.2) is 4.98 Å². The molecule has 1 aliphatic rings. The molecule has 0 radical (unpaired) electrons. The SMILES string of the molecule is COc1cccc(Nc2cc(C(=O)N3CCCc4ccccc43)ccn2)c1. The van der Waals surface area contributed by atoms with E-state index in [0.29, 0.717) is 11.4 Å². The van der Waals surface area contributed by atoms with Gasteiger partial charge in [0.1, 0.15) is 11.6 Å². The van der Waals surface area contributed by atoms with Crippen molar-refractivity contribution in [2.45, 2.75) is 12.8 Å². The van der Waals surface area contributed by atoms with Crippen molar-refractivity contribution in [3.8, 4) is 5.75 Å². The van der Waals surface area contributed by atoms with E-state index in [9.17, 15) is 4.79 Å². The molecule has 0 unspecified atom stereocenters. The number of aromatic nitrogens is 1. The molecule has 5 heteroatoms. The average molecular weight is 359 g/mol. The number of nitrogens with zero attached hydrogens (tertiary/aromatic N) is 2. The number of benzene rings is 2. The van der Waals surface area contributed by atoms with Gasteiger partial charge in [-0.15, -0.1) is 0 Å². The number of carbonyl (C=O) groups is 1. The molecule has 1 N–H and O–H groups in total. The van der Waals surface area contributed by atoms with E-state index in [4.69, 9.17) is 4.74 Å². The van der Waals surface area contributed by atoms with Gasteiger partial charge in [-0.3, -0.25) is 4.79 Å². The topological polar surface area (TPSA) is 54.5 Å². The molecule has 1 aliphatic heterocycles. The number of anilines is 3. The van der Waals surface area contributed by atoms with Crippen LogP contribution >= 0.6 is 0 Å². The van der Waals surface area contributed by atoms with Crippen LogP contribution in [0.1, 0.15) is 22.3 Å². The number of fused-ring (bicyclic) bond motifs is 1. The summed E-state index contributed by atoms with van der Waals surface area (Å²) in [4.78, 5) is 19.3. The number of para-hydroxylation sites is 1. The van der Waals surface area contributed by atoms with Crippen molar-refractivity contribution in [3.63, 3.8) is 0 Å². The summed E-state index contributed by atoms with van der Waals surface area (Å²) in [6, 6.07) is 19.3. The van der Waals surface area contributed by atoms with Crippen LogP contribution in [0, 0.1) is 0 Å². The van der Waals surface area contributed by atoms with Crippen LogP contribution in [0.3, 0.4) is 0 Å². The van der Waals surface area contributed by atoms with Gasteiger partial charge < -0.3 is 15.0 Å². The van der Waals surface area contributed by atoms with Crippen LogP contribution in [0.4, 0.5) is 17.2 Å². The van der Waals surface area contributed by atoms with Crippen molar-refractivity contribution in [2.75, 3.05) is 23.9 Å². The second-order valence-corrected chi connectivity index (χ2v) is 6.48. The van der Waals surface area contributed by atoms with Crippen LogP contribution in [-0.2, 0) is 6.42 Å². The number of methoxy groups -OCH3 is 1. The van der Waals surface area contributed by atoms with Crippen molar-refractivity contribution in [1.82, 2.24) is 4.98 Å². The van der Waals surface area contributed by atoms with Gasteiger partial charge in [0.25, 0.3) is 5.91 Å². The molecule has 1 aromatic heterocycles. The van der Waals surface area contributed by atoms with E-state index in [1.807, 2.05) is 47.4 Å². The van der Waals surface area contributed by atoms with Crippen molar-refractivity contribution >= 4 is 23.1 Å². The molecule has 0 saturated carbocycles. The zero-order chi connectivity index (χ0) is 18.6.